The molecule has 1 amide bonds. The first-order valence-corrected chi connectivity index (χ1v) is 10.1. The molecule has 6 nitrogen and oxygen atoms in total. The minimum Gasteiger partial charge on any atom is -0.469 e. The third-order valence-corrected chi connectivity index (χ3v) is 5.78. The van der Waals surface area contributed by atoms with Crippen molar-refractivity contribution in [1.29, 1.82) is 0 Å². The maximum Gasteiger partial charge on any atom is 0.308 e. The highest BCUT2D eigenvalue weighted by molar-refractivity contribution is 5.95. The van der Waals surface area contributed by atoms with E-state index in [9.17, 15) is 9.59 Å². The topological polar surface area (TPSA) is 79.5 Å². The fraction of sp³-hybridized carbons (Fsp3) is 0.619. The van der Waals surface area contributed by atoms with E-state index < -0.39 is 0 Å². The molecule has 6 heteroatoms. The largest absolute Gasteiger partial charge is 0.469 e. The van der Waals surface area contributed by atoms with E-state index in [-0.39, 0.29) is 23.8 Å². The lowest BCUT2D eigenvalue weighted by molar-refractivity contribution is -0.146. The van der Waals surface area contributed by atoms with E-state index in [0.717, 1.165) is 51.0 Å². The van der Waals surface area contributed by atoms with Gasteiger partial charge in [-0.05, 0) is 75.7 Å². The van der Waals surface area contributed by atoms with E-state index in [4.69, 9.17) is 4.74 Å². The zero-order chi connectivity index (χ0) is 19.1. The molecule has 1 aromatic rings. The summed E-state index contributed by atoms with van der Waals surface area (Å²) in [5.74, 6) is 0.494. The molecule has 1 aliphatic carbocycles. The number of nitrogens with one attached hydrogen (secondary N) is 3. The number of hydrogen-bond donors (Lipinski definition) is 3. The van der Waals surface area contributed by atoms with Gasteiger partial charge in [0, 0.05) is 23.8 Å². The molecule has 1 saturated carbocycles. The van der Waals surface area contributed by atoms with Crippen LogP contribution in [0, 0.1) is 11.8 Å². The molecule has 1 aromatic carbocycles. The van der Waals surface area contributed by atoms with Crippen LogP contribution in [0.15, 0.2) is 24.3 Å². The van der Waals surface area contributed by atoms with E-state index >= 15 is 0 Å². The van der Waals surface area contributed by atoms with Crippen molar-refractivity contribution in [2.75, 3.05) is 32.1 Å². The van der Waals surface area contributed by atoms with Crippen molar-refractivity contribution >= 4 is 17.6 Å². The van der Waals surface area contributed by atoms with Gasteiger partial charge in [0.2, 0.25) is 0 Å². The molecule has 2 fully saturated rings. The Balaban J connectivity index is 1.48. The molecule has 3 rings (SSSR count). The van der Waals surface area contributed by atoms with Gasteiger partial charge in [-0.25, -0.2) is 0 Å². The summed E-state index contributed by atoms with van der Waals surface area (Å²) in [6.45, 7) is 3.13. The van der Waals surface area contributed by atoms with Crippen molar-refractivity contribution in [2.24, 2.45) is 11.8 Å². The monoisotopic (exact) mass is 373 g/mol. The van der Waals surface area contributed by atoms with Crippen molar-refractivity contribution in [3.63, 3.8) is 0 Å². The molecule has 1 heterocycles. The molecule has 27 heavy (non-hydrogen) atoms. The van der Waals surface area contributed by atoms with Gasteiger partial charge in [-0.1, -0.05) is 6.07 Å². The smallest absolute Gasteiger partial charge is 0.308 e. The summed E-state index contributed by atoms with van der Waals surface area (Å²) >= 11 is 0. The van der Waals surface area contributed by atoms with Gasteiger partial charge < -0.3 is 20.7 Å². The van der Waals surface area contributed by atoms with Gasteiger partial charge in [0.25, 0.3) is 5.91 Å². The second-order valence-corrected chi connectivity index (χ2v) is 7.70. The highest BCUT2D eigenvalue weighted by atomic mass is 16.5. The number of ether oxygens (including phenoxy) is 1. The van der Waals surface area contributed by atoms with Gasteiger partial charge >= 0.3 is 5.97 Å². The van der Waals surface area contributed by atoms with Crippen LogP contribution < -0.4 is 16.0 Å². The SMILES string of the molecule is COC(=O)C1CCC(NC(=O)c2cccc(NCC3CCNCC3)c2)CC1. The molecule has 1 aliphatic heterocycles. The van der Waals surface area contributed by atoms with E-state index in [2.05, 4.69) is 16.0 Å². The van der Waals surface area contributed by atoms with Crippen molar-refractivity contribution in [2.45, 2.75) is 44.6 Å². The molecule has 1 saturated heterocycles. The predicted molar refractivity (Wildman–Crippen MR) is 106 cm³/mol. The quantitative estimate of drug-likeness (QED) is 0.668. The molecule has 2 aliphatic rings. The van der Waals surface area contributed by atoms with Crippen molar-refractivity contribution in [3.05, 3.63) is 29.8 Å². The van der Waals surface area contributed by atoms with Crippen molar-refractivity contribution in [1.82, 2.24) is 10.6 Å². The first-order valence-electron chi connectivity index (χ1n) is 10.1. The molecule has 0 bridgehead atoms. The Hall–Kier alpha value is -2.08. The summed E-state index contributed by atoms with van der Waals surface area (Å²) in [6, 6.07) is 7.85. The van der Waals surface area contributed by atoms with Crippen LogP contribution in [0.2, 0.25) is 0 Å². The number of piperidine rings is 1. The number of carbonyl (C=O) groups excluding carboxylic acids is 2. The normalized spacial score (nSPS) is 23.4. The van der Waals surface area contributed by atoms with E-state index in [1.54, 1.807) is 0 Å². The summed E-state index contributed by atoms with van der Waals surface area (Å²) in [4.78, 5) is 24.2. The van der Waals surface area contributed by atoms with E-state index in [1.165, 1.54) is 20.0 Å². The standard InChI is InChI=1S/C21H31N3O3/c1-27-21(26)16-5-7-18(8-6-16)24-20(25)17-3-2-4-19(13-17)23-14-15-9-11-22-12-10-15/h2-4,13,15-16,18,22-23H,5-12,14H2,1H3,(H,24,25). The highest BCUT2D eigenvalue weighted by Crippen LogP contribution is 2.25. The second kappa shape index (κ2) is 9.74. The van der Waals surface area contributed by atoms with Crippen LogP contribution in [-0.2, 0) is 9.53 Å². The van der Waals surface area contributed by atoms with Crippen molar-refractivity contribution in [3.8, 4) is 0 Å². The van der Waals surface area contributed by atoms with Gasteiger partial charge in [-0.2, -0.15) is 0 Å². The Morgan fingerprint density at radius 3 is 2.56 bits per heavy atom. The summed E-state index contributed by atoms with van der Waals surface area (Å²) in [7, 11) is 1.43. The number of anilines is 1. The Labute approximate surface area is 161 Å². The molecule has 0 aromatic heterocycles. The Morgan fingerprint density at radius 2 is 1.85 bits per heavy atom. The third kappa shape index (κ3) is 5.70. The molecular formula is C21H31N3O3. The van der Waals surface area contributed by atoms with Gasteiger partial charge in [0.05, 0.1) is 13.0 Å². The zero-order valence-corrected chi connectivity index (χ0v) is 16.1. The van der Waals surface area contributed by atoms with Gasteiger partial charge in [-0.15, -0.1) is 0 Å². The van der Waals surface area contributed by atoms with Crippen molar-refractivity contribution < 1.29 is 14.3 Å². The Morgan fingerprint density at radius 1 is 1.11 bits per heavy atom. The number of esters is 1. The van der Waals surface area contributed by atoms with Crippen LogP contribution in [0.1, 0.15) is 48.9 Å². The minimum absolute atomic E-state index is 0.0225. The molecule has 0 spiro atoms. The maximum absolute atomic E-state index is 12.6. The Bertz CT molecular complexity index is 635. The van der Waals surface area contributed by atoms with E-state index in [0.29, 0.717) is 11.5 Å². The molecule has 0 atom stereocenters. The molecule has 3 N–H and O–H groups in total. The number of hydrogen-bond acceptors (Lipinski definition) is 5. The van der Waals surface area contributed by atoms with Gasteiger partial charge in [0.1, 0.15) is 0 Å². The molecular weight excluding hydrogens is 342 g/mol. The van der Waals surface area contributed by atoms with Crippen LogP contribution in [0.25, 0.3) is 0 Å². The number of benzene rings is 1. The van der Waals surface area contributed by atoms with E-state index in [1.807, 2.05) is 24.3 Å². The lowest BCUT2D eigenvalue weighted by Gasteiger charge is -2.27. The lowest BCUT2D eigenvalue weighted by atomic mass is 9.86. The number of amides is 1. The van der Waals surface area contributed by atoms with Crippen LogP contribution in [-0.4, -0.2) is 44.7 Å². The first-order chi connectivity index (χ1) is 13.2. The first kappa shape index (κ1) is 19.7. The maximum atomic E-state index is 12.6. The van der Waals surface area contributed by atoms with Gasteiger partial charge in [0.15, 0.2) is 0 Å². The summed E-state index contributed by atoms with van der Waals surface area (Å²) in [5, 5.41) is 9.98. The molecule has 0 unspecified atom stereocenters. The fourth-order valence-electron chi connectivity index (χ4n) is 4.03. The van der Waals surface area contributed by atoms with Crippen LogP contribution in [0.3, 0.4) is 0 Å². The van der Waals surface area contributed by atoms with Crippen LogP contribution in [0.5, 0.6) is 0 Å². The fourth-order valence-corrected chi connectivity index (χ4v) is 4.03. The summed E-state index contributed by atoms with van der Waals surface area (Å²) in [6.07, 6.45) is 5.58. The summed E-state index contributed by atoms with van der Waals surface area (Å²) in [5.41, 5.74) is 1.68. The minimum atomic E-state index is -0.132. The predicted octanol–water partition coefficient (Wildman–Crippen LogP) is 2.56. The Kier molecular flexibility index (Phi) is 7.10. The third-order valence-electron chi connectivity index (χ3n) is 5.78. The lowest BCUT2D eigenvalue weighted by Crippen LogP contribution is -2.38. The second-order valence-electron chi connectivity index (χ2n) is 7.70. The number of rotatable bonds is 6. The summed E-state index contributed by atoms with van der Waals surface area (Å²) < 4.78 is 4.82. The average Bonchev–Trinajstić information content (AvgIpc) is 2.73. The highest BCUT2D eigenvalue weighted by Gasteiger charge is 2.27. The average molecular weight is 373 g/mol. The van der Waals surface area contributed by atoms with Gasteiger partial charge in [-0.3, -0.25) is 9.59 Å². The number of carbonyl (C=O) groups is 2. The zero-order valence-electron chi connectivity index (χ0n) is 16.1. The van der Waals surface area contributed by atoms with Crippen LogP contribution >= 0.6 is 0 Å². The molecule has 148 valence electrons. The number of methoxy groups -OCH3 is 1. The van der Waals surface area contributed by atoms with Crippen LogP contribution in [0.4, 0.5) is 5.69 Å². The molecule has 0 radical (unpaired) electrons.